The van der Waals surface area contributed by atoms with Gasteiger partial charge in [0.1, 0.15) is 0 Å². The van der Waals surface area contributed by atoms with E-state index in [0.717, 1.165) is 28.4 Å². The molecule has 220 valence electrons. The Labute approximate surface area is 270 Å². The SMILES string of the molecule is Cc1ccc(N(c2ccc(C)cc2)c2ccc(-c3c4ccccc4cc4cccc(Nc5ccccc5)c34)c3ccccc23)cc1. The van der Waals surface area contributed by atoms with Crippen LogP contribution in [0.1, 0.15) is 11.1 Å². The van der Waals surface area contributed by atoms with Crippen LogP contribution in [-0.4, -0.2) is 0 Å². The first-order valence-electron chi connectivity index (χ1n) is 15.9. The highest BCUT2D eigenvalue weighted by atomic mass is 15.1. The lowest BCUT2D eigenvalue weighted by Gasteiger charge is -2.28. The molecule has 0 saturated heterocycles. The van der Waals surface area contributed by atoms with Gasteiger partial charge < -0.3 is 10.2 Å². The molecule has 8 aromatic carbocycles. The number of hydrogen-bond donors (Lipinski definition) is 1. The fourth-order valence-electron chi connectivity index (χ4n) is 6.69. The van der Waals surface area contributed by atoms with Crippen molar-refractivity contribution in [1.29, 1.82) is 0 Å². The smallest absolute Gasteiger partial charge is 0.0540 e. The summed E-state index contributed by atoms with van der Waals surface area (Å²) in [5.41, 5.74) is 10.5. The Morgan fingerprint density at radius 1 is 0.457 bits per heavy atom. The number of para-hydroxylation sites is 1. The van der Waals surface area contributed by atoms with Gasteiger partial charge in [0.15, 0.2) is 0 Å². The minimum Gasteiger partial charge on any atom is -0.355 e. The predicted octanol–water partition coefficient (Wildman–Crippen LogP) is 12.6. The highest BCUT2D eigenvalue weighted by Gasteiger charge is 2.20. The van der Waals surface area contributed by atoms with Crippen LogP contribution >= 0.6 is 0 Å². The van der Waals surface area contributed by atoms with Crippen molar-refractivity contribution in [2.45, 2.75) is 13.8 Å². The highest BCUT2D eigenvalue weighted by Crippen LogP contribution is 2.46. The van der Waals surface area contributed by atoms with E-state index in [4.69, 9.17) is 0 Å². The van der Waals surface area contributed by atoms with E-state index in [0.29, 0.717) is 0 Å². The van der Waals surface area contributed by atoms with Gasteiger partial charge in [-0.15, -0.1) is 0 Å². The van der Waals surface area contributed by atoms with Crippen LogP contribution in [0.15, 0.2) is 164 Å². The first-order chi connectivity index (χ1) is 22.6. The summed E-state index contributed by atoms with van der Waals surface area (Å²) >= 11 is 0. The number of aryl methyl sites for hydroxylation is 2. The lowest BCUT2D eigenvalue weighted by Crippen LogP contribution is -2.10. The lowest BCUT2D eigenvalue weighted by molar-refractivity contribution is 1.28. The van der Waals surface area contributed by atoms with Crippen molar-refractivity contribution >= 4 is 60.8 Å². The van der Waals surface area contributed by atoms with Gasteiger partial charge in [0.2, 0.25) is 0 Å². The number of rotatable bonds is 6. The number of benzene rings is 8. The van der Waals surface area contributed by atoms with Gasteiger partial charge in [-0.25, -0.2) is 0 Å². The van der Waals surface area contributed by atoms with Crippen molar-refractivity contribution in [3.05, 3.63) is 175 Å². The fourth-order valence-corrected chi connectivity index (χ4v) is 6.69. The standard InChI is InChI=1S/C44H34N2/c1-30-19-23-35(24-20-30)46(36-25-21-31(2)22-26-36)42-28-27-40(38-16-8-9-17-39(38)42)44-37-15-7-6-11-32(37)29-33-12-10-18-41(43(33)44)45-34-13-4-3-5-14-34/h3-29,45H,1-2H3. The number of nitrogens with zero attached hydrogens (tertiary/aromatic N) is 1. The zero-order valence-electron chi connectivity index (χ0n) is 26.0. The molecule has 8 rings (SSSR count). The van der Waals surface area contributed by atoms with Gasteiger partial charge in [0.25, 0.3) is 0 Å². The third-order valence-corrected chi connectivity index (χ3v) is 8.94. The Kier molecular flexibility index (Phi) is 6.96. The van der Waals surface area contributed by atoms with Gasteiger partial charge in [-0.05, 0) is 95.6 Å². The molecule has 0 unspecified atom stereocenters. The summed E-state index contributed by atoms with van der Waals surface area (Å²) in [5.74, 6) is 0. The maximum Gasteiger partial charge on any atom is 0.0540 e. The zero-order valence-corrected chi connectivity index (χ0v) is 26.0. The van der Waals surface area contributed by atoms with Crippen LogP contribution < -0.4 is 10.2 Å². The van der Waals surface area contributed by atoms with Gasteiger partial charge in [-0.3, -0.25) is 0 Å². The Morgan fingerprint density at radius 2 is 1.04 bits per heavy atom. The molecule has 1 N–H and O–H groups in total. The molecule has 0 aliphatic rings. The van der Waals surface area contributed by atoms with E-state index in [1.165, 1.54) is 54.6 Å². The van der Waals surface area contributed by atoms with E-state index in [-0.39, 0.29) is 0 Å². The van der Waals surface area contributed by atoms with Crippen LogP contribution in [0.25, 0.3) is 43.4 Å². The van der Waals surface area contributed by atoms with Gasteiger partial charge >= 0.3 is 0 Å². The number of nitrogens with one attached hydrogen (secondary N) is 1. The first kappa shape index (κ1) is 27.7. The van der Waals surface area contributed by atoms with E-state index in [1.807, 2.05) is 0 Å². The van der Waals surface area contributed by atoms with Crippen molar-refractivity contribution < 1.29 is 0 Å². The van der Waals surface area contributed by atoms with Crippen LogP contribution in [0.2, 0.25) is 0 Å². The van der Waals surface area contributed by atoms with Crippen molar-refractivity contribution in [2.75, 3.05) is 10.2 Å². The van der Waals surface area contributed by atoms with E-state index in [9.17, 15) is 0 Å². The maximum absolute atomic E-state index is 3.74. The molecule has 0 aliphatic carbocycles. The molecule has 0 amide bonds. The summed E-state index contributed by atoms with van der Waals surface area (Å²) in [7, 11) is 0. The molecule has 0 aromatic heterocycles. The molecule has 0 saturated carbocycles. The van der Waals surface area contributed by atoms with E-state index < -0.39 is 0 Å². The van der Waals surface area contributed by atoms with E-state index >= 15 is 0 Å². The summed E-state index contributed by atoms with van der Waals surface area (Å²) in [4.78, 5) is 2.38. The maximum atomic E-state index is 3.74. The fraction of sp³-hybridized carbons (Fsp3) is 0.0455. The Hall–Kier alpha value is -5.86. The molecule has 0 aliphatic heterocycles. The molecule has 0 spiro atoms. The molecule has 0 fully saturated rings. The minimum absolute atomic E-state index is 1.07. The quantitative estimate of drug-likeness (QED) is 0.194. The second-order valence-corrected chi connectivity index (χ2v) is 12.1. The van der Waals surface area contributed by atoms with Crippen LogP contribution in [0.4, 0.5) is 28.4 Å². The molecule has 0 radical (unpaired) electrons. The summed E-state index contributed by atoms with van der Waals surface area (Å²) in [5, 5.41) is 11.1. The number of hydrogen-bond acceptors (Lipinski definition) is 2. The van der Waals surface area contributed by atoms with Crippen molar-refractivity contribution in [2.24, 2.45) is 0 Å². The third-order valence-electron chi connectivity index (χ3n) is 8.94. The monoisotopic (exact) mass is 590 g/mol. The number of fused-ring (bicyclic) bond motifs is 3. The molecule has 46 heavy (non-hydrogen) atoms. The predicted molar refractivity (Wildman–Crippen MR) is 198 cm³/mol. The molecule has 0 bridgehead atoms. The molecular weight excluding hydrogens is 556 g/mol. The van der Waals surface area contributed by atoms with E-state index in [1.54, 1.807) is 0 Å². The highest BCUT2D eigenvalue weighted by molar-refractivity contribution is 6.21. The molecule has 2 heteroatoms. The largest absolute Gasteiger partial charge is 0.355 e. The summed E-state index contributed by atoms with van der Waals surface area (Å²) in [6.45, 7) is 4.28. The lowest BCUT2D eigenvalue weighted by atomic mass is 9.88. The average molecular weight is 591 g/mol. The summed E-state index contributed by atoms with van der Waals surface area (Å²) in [6, 6.07) is 59.2. The van der Waals surface area contributed by atoms with Gasteiger partial charge in [0.05, 0.1) is 5.69 Å². The van der Waals surface area contributed by atoms with E-state index in [2.05, 4.69) is 188 Å². The Balaban J connectivity index is 1.42. The normalized spacial score (nSPS) is 11.3. The van der Waals surface area contributed by atoms with Crippen molar-refractivity contribution in [3.8, 4) is 11.1 Å². The Bertz CT molecular complexity index is 2290. The second-order valence-electron chi connectivity index (χ2n) is 12.1. The third kappa shape index (κ3) is 4.95. The van der Waals surface area contributed by atoms with Crippen molar-refractivity contribution in [3.63, 3.8) is 0 Å². The van der Waals surface area contributed by atoms with Crippen LogP contribution in [0.3, 0.4) is 0 Å². The second kappa shape index (κ2) is 11.6. The van der Waals surface area contributed by atoms with Gasteiger partial charge in [0, 0.05) is 39.1 Å². The van der Waals surface area contributed by atoms with Crippen LogP contribution in [-0.2, 0) is 0 Å². The Morgan fingerprint density at radius 3 is 1.74 bits per heavy atom. The van der Waals surface area contributed by atoms with Gasteiger partial charge in [-0.2, -0.15) is 0 Å². The van der Waals surface area contributed by atoms with Crippen LogP contribution in [0, 0.1) is 13.8 Å². The number of anilines is 5. The van der Waals surface area contributed by atoms with Crippen molar-refractivity contribution in [1.82, 2.24) is 0 Å². The van der Waals surface area contributed by atoms with Crippen LogP contribution in [0.5, 0.6) is 0 Å². The molecule has 8 aromatic rings. The zero-order chi connectivity index (χ0) is 31.0. The first-order valence-corrected chi connectivity index (χ1v) is 15.9. The summed E-state index contributed by atoms with van der Waals surface area (Å²) in [6.07, 6.45) is 0. The summed E-state index contributed by atoms with van der Waals surface area (Å²) < 4.78 is 0. The molecule has 2 nitrogen and oxygen atoms in total. The minimum atomic E-state index is 1.07. The molecular formula is C44H34N2. The van der Waals surface area contributed by atoms with Gasteiger partial charge in [-0.1, -0.05) is 120 Å². The average Bonchev–Trinajstić information content (AvgIpc) is 3.10. The molecule has 0 atom stereocenters. The molecule has 0 heterocycles. The topological polar surface area (TPSA) is 15.3 Å².